The minimum absolute atomic E-state index is 0.0880. The molecule has 100 valence electrons. The van der Waals surface area contributed by atoms with E-state index in [4.69, 9.17) is 0 Å². The van der Waals surface area contributed by atoms with Crippen LogP contribution in [-0.4, -0.2) is 26.1 Å². The Kier molecular flexibility index (Phi) is 3.79. The largest absolute Gasteiger partial charge is 0.348 e. The summed E-state index contributed by atoms with van der Waals surface area (Å²) < 4.78 is 27.8. The summed E-state index contributed by atoms with van der Waals surface area (Å²) in [6.07, 6.45) is 1.28. The topological polar surface area (TPSA) is 72.7 Å². The van der Waals surface area contributed by atoms with Gasteiger partial charge in [0.25, 0.3) is 0 Å². The van der Waals surface area contributed by atoms with Crippen LogP contribution in [0.15, 0.2) is 24.5 Å². The van der Waals surface area contributed by atoms with Crippen LogP contribution in [0, 0.1) is 11.6 Å². The zero-order valence-electron chi connectivity index (χ0n) is 10.0. The van der Waals surface area contributed by atoms with Crippen LogP contribution in [0.2, 0.25) is 0 Å². The van der Waals surface area contributed by atoms with E-state index in [1.165, 1.54) is 11.0 Å². The van der Waals surface area contributed by atoms with E-state index in [0.29, 0.717) is 0 Å². The summed E-state index contributed by atoms with van der Waals surface area (Å²) in [5.74, 6) is -1.53. The van der Waals surface area contributed by atoms with E-state index in [2.05, 4.69) is 20.8 Å². The highest BCUT2D eigenvalue weighted by Gasteiger charge is 2.15. The molecule has 1 atom stereocenters. The van der Waals surface area contributed by atoms with Crippen molar-refractivity contribution < 1.29 is 13.6 Å². The normalized spacial score (nSPS) is 12.2. The smallest absolute Gasteiger partial charge is 0.242 e. The van der Waals surface area contributed by atoms with Crippen LogP contribution in [0.4, 0.5) is 8.78 Å². The van der Waals surface area contributed by atoms with E-state index in [1.54, 1.807) is 6.92 Å². The van der Waals surface area contributed by atoms with Gasteiger partial charge < -0.3 is 5.32 Å². The molecule has 0 bridgehead atoms. The average molecular weight is 267 g/mol. The molecule has 1 amide bonds. The molecule has 6 nitrogen and oxygen atoms in total. The van der Waals surface area contributed by atoms with Gasteiger partial charge in [-0.05, 0) is 35.5 Å². The lowest BCUT2D eigenvalue weighted by Gasteiger charge is -2.15. The first kappa shape index (κ1) is 13.1. The number of rotatable bonds is 4. The predicted octanol–water partition coefficient (Wildman–Crippen LogP) is 0.829. The Labute approximate surface area is 107 Å². The lowest BCUT2D eigenvalue weighted by atomic mass is 10.1. The fourth-order valence-electron chi connectivity index (χ4n) is 1.61. The molecule has 0 radical (unpaired) electrons. The Morgan fingerprint density at radius 1 is 1.47 bits per heavy atom. The maximum atomic E-state index is 13.5. The number of amides is 1. The maximum Gasteiger partial charge on any atom is 0.242 e. The monoisotopic (exact) mass is 267 g/mol. The van der Waals surface area contributed by atoms with Crippen LogP contribution in [-0.2, 0) is 11.3 Å². The number of tetrazole rings is 1. The number of hydrogen-bond donors (Lipinski definition) is 1. The minimum atomic E-state index is -0.653. The standard InChI is InChI=1S/C11H11F2N5O/c1-7(9-4-8(12)2-3-10(9)13)15-11(19)5-18-6-14-16-17-18/h2-4,6-7H,5H2,1H3,(H,15,19)/t7-/m0/s1. The molecule has 0 saturated carbocycles. The molecule has 19 heavy (non-hydrogen) atoms. The van der Waals surface area contributed by atoms with Gasteiger partial charge in [-0.3, -0.25) is 4.79 Å². The highest BCUT2D eigenvalue weighted by Crippen LogP contribution is 2.17. The van der Waals surface area contributed by atoms with Gasteiger partial charge >= 0.3 is 0 Å². The van der Waals surface area contributed by atoms with Crippen molar-refractivity contribution >= 4 is 5.91 Å². The molecule has 1 aromatic carbocycles. The van der Waals surface area contributed by atoms with Crippen molar-refractivity contribution in [1.82, 2.24) is 25.5 Å². The first-order valence-electron chi connectivity index (χ1n) is 5.51. The van der Waals surface area contributed by atoms with Gasteiger partial charge in [-0.1, -0.05) is 0 Å². The molecule has 0 aliphatic heterocycles. The molecule has 0 fully saturated rings. The van der Waals surface area contributed by atoms with E-state index < -0.39 is 23.6 Å². The third kappa shape index (κ3) is 3.30. The van der Waals surface area contributed by atoms with Crippen LogP contribution in [0.5, 0.6) is 0 Å². The molecular weight excluding hydrogens is 256 g/mol. The minimum Gasteiger partial charge on any atom is -0.348 e. The molecule has 2 aromatic rings. The molecule has 0 aliphatic carbocycles. The summed E-state index contributed by atoms with van der Waals surface area (Å²) in [5, 5.41) is 12.8. The SMILES string of the molecule is C[C@H](NC(=O)Cn1cnnn1)c1cc(F)ccc1F. The van der Waals surface area contributed by atoms with Crippen molar-refractivity contribution in [2.45, 2.75) is 19.5 Å². The van der Waals surface area contributed by atoms with Gasteiger partial charge in [-0.25, -0.2) is 13.5 Å². The summed E-state index contributed by atoms with van der Waals surface area (Å²) in [4.78, 5) is 11.6. The summed E-state index contributed by atoms with van der Waals surface area (Å²) in [6.45, 7) is 1.48. The average Bonchev–Trinajstić information content (AvgIpc) is 2.84. The molecule has 0 unspecified atom stereocenters. The first-order valence-corrected chi connectivity index (χ1v) is 5.51. The number of benzene rings is 1. The van der Waals surface area contributed by atoms with Crippen molar-refractivity contribution in [2.75, 3.05) is 0 Å². The van der Waals surface area contributed by atoms with Gasteiger partial charge in [0.15, 0.2) is 0 Å². The van der Waals surface area contributed by atoms with Gasteiger partial charge in [0, 0.05) is 5.56 Å². The van der Waals surface area contributed by atoms with E-state index in [0.717, 1.165) is 18.2 Å². The molecule has 1 N–H and O–H groups in total. The Hall–Kier alpha value is -2.38. The number of nitrogens with zero attached hydrogens (tertiary/aromatic N) is 4. The molecule has 2 rings (SSSR count). The van der Waals surface area contributed by atoms with Crippen molar-refractivity contribution in [3.8, 4) is 0 Å². The zero-order valence-corrected chi connectivity index (χ0v) is 10.0. The second-order valence-electron chi connectivity index (χ2n) is 3.96. The second-order valence-corrected chi connectivity index (χ2v) is 3.96. The summed E-state index contributed by atoms with van der Waals surface area (Å²) >= 11 is 0. The fraction of sp³-hybridized carbons (Fsp3) is 0.273. The van der Waals surface area contributed by atoms with E-state index in [9.17, 15) is 13.6 Å². The highest BCUT2D eigenvalue weighted by molar-refractivity contribution is 5.76. The maximum absolute atomic E-state index is 13.5. The van der Waals surface area contributed by atoms with Crippen LogP contribution >= 0.6 is 0 Å². The number of halogens is 2. The Morgan fingerprint density at radius 2 is 2.26 bits per heavy atom. The third-order valence-corrected chi connectivity index (χ3v) is 2.50. The lowest BCUT2D eigenvalue weighted by molar-refractivity contribution is -0.122. The summed E-state index contributed by atoms with van der Waals surface area (Å²) in [7, 11) is 0. The van der Waals surface area contributed by atoms with Crippen molar-refractivity contribution in [1.29, 1.82) is 0 Å². The van der Waals surface area contributed by atoms with Crippen LogP contribution in [0.25, 0.3) is 0 Å². The van der Waals surface area contributed by atoms with Crippen molar-refractivity contribution in [2.24, 2.45) is 0 Å². The molecule has 0 aliphatic rings. The highest BCUT2D eigenvalue weighted by atomic mass is 19.1. The van der Waals surface area contributed by atoms with Crippen LogP contribution < -0.4 is 5.32 Å². The molecule has 0 spiro atoms. The molecular formula is C11H11F2N5O. The quantitative estimate of drug-likeness (QED) is 0.890. The van der Waals surface area contributed by atoms with Gasteiger partial charge in [0.2, 0.25) is 5.91 Å². The van der Waals surface area contributed by atoms with Crippen LogP contribution in [0.3, 0.4) is 0 Å². The summed E-state index contributed by atoms with van der Waals surface area (Å²) in [5.41, 5.74) is 0.0880. The molecule has 0 saturated heterocycles. The zero-order chi connectivity index (χ0) is 13.8. The lowest BCUT2D eigenvalue weighted by Crippen LogP contribution is -2.30. The van der Waals surface area contributed by atoms with Gasteiger partial charge in [0.05, 0.1) is 6.04 Å². The van der Waals surface area contributed by atoms with Crippen molar-refractivity contribution in [3.05, 3.63) is 41.7 Å². The van der Waals surface area contributed by atoms with E-state index >= 15 is 0 Å². The number of nitrogens with one attached hydrogen (secondary N) is 1. The van der Waals surface area contributed by atoms with Gasteiger partial charge in [-0.15, -0.1) is 5.10 Å². The predicted molar refractivity (Wildman–Crippen MR) is 60.7 cm³/mol. The van der Waals surface area contributed by atoms with Gasteiger partial charge in [0.1, 0.15) is 24.5 Å². The first-order chi connectivity index (χ1) is 9.06. The van der Waals surface area contributed by atoms with Gasteiger partial charge in [-0.2, -0.15) is 0 Å². The van der Waals surface area contributed by atoms with Crippen molar-refractivity contribution in [3.63, 3.8) is 0 Å². The van der Waals surface area contributed by atoms with Crippen LogP contribution in [0.1, 0.15) is 18.5 Å². The van der Waals surface area contributed by atoms with E-state index in [-0.39, 0.29) is 12.1 Å². The number of aromatic nitrogens is 4. The second kappa shape index (κ2) is 5.51. The molecule has 8 heteroatoms. The number of carbonyl (C=O) groups is 1. The molecule has 1 heterocycles. The number of hydrogen-bond acceptors (Lipinski definition) is 4. The third-order valence-electron chi connectivity index (χ3n) is 2.50. The number of carbonyl (C=O) groups excluding carboxylic acids is 1. The Bertz CT molecular complexity index is 572. The Morgan fingerprint density at radius 3 is 2.95 bits per heavy atom. The molecule has 1 aromatic heterocycles. The summed E-state index contributed by atoms with van der Waals surface area (Å²) in [6, 6.07) is 2.44. The fourth-order valence-corrected chi connectivity index (χ4v) is 1.61. The Balaban J connectivity index is 2.02. The van der Waals surface area contributed by atoms with E-state index in [1.807, 2.05) is 0 Å².